The molecule has 0 unspecified atom stereocenters. The van der Waals surface area contributed by atoms with Gasteiger partial charge in [0, 0.05) is 24.0 Å². The lowest BCUT2D eigenvalue weighted by Gasteiger charge is -2.07. The van der Waals surface area contributed by atoms with Gasteiger partial charge in [0.15, 0.2) is 5.13 Å². The number of hydrogen-bond acceptors (Lipinski definition) is 7. The Labute approximate surface area is 161 Å². The van der Waals surface area contributed by atoms with E-state index < -0.39 is 0 Å². The normalized spacial score (nSPS) is 11.2. The number of thiazole rings is 1. The number of carbonyl (C=O) groups excluding carboxylic acids is 1. The lowest BCUT2D eigenvalue weighted by molar-refractivity contribution is 0.0479. The SMILES string of the molecule is Cc1csc(NC(=O)c2ccc3c(c2)ncn3CCOCCOCCN)n1. The van der Waals surface area contributed by atoms with Crippen LogP contribution in [0.5, 0.6) is 0 Å². The number of imidazole rings is 1. The highest BCUT2D eigenvalue weighted by atomic mass is 32.1. The largest absolute Gasteiger partial charge is 0.378 e. The van der Waals surface area contributed by atoms with Crippen molar-refractivity contribution in [1.29, 1.82) is 0 Å². The summed E-state index contributed by atoms with van der Waals surface area (Å²) in [5.41, 5.74) is 8.51. The van der Waals surface area contributed by atoms with E-state index in [1.165, 1.54) is 11.3 Å². The second-order valence-electron chi connectivity index (χ2n) is 5.90. The topological polar surface area (TPSA) is 104 Å². The van der Waals surface area contributed by atoms with Crippen molar-refractivity contribution in [2.45, 2.75) is 13.5 Å². The van der Waals surface area contributed by atoms with E-state index in [4.69, 9.17) is 15.2 Å². The van der Waals surface area contributed by atoms with E-state index in [0.29, 0.717) is 50.2 Å². The Morgan fingerprint density at radius 1 is 1.26 bits per heavy atom. The summed E-state index contributed by atoms with van der Waals surface area (Å²) in [5, 5.41) is 5.30. The zero-order valence-electron chi connectivity index (χ0n) is 15.2. The molecule has 1 aromatic carbocycles. The Balaban J connectivity index is 1.55. The van der Waals surface area contributed by atoms with Crippen LogP contribution in [0.25, 0.3) is 11.0 Å². The van der Waals surface area contributed by atoms with Crippen LogP contribution in [0.2, 0.25) is 0 Å². The number of rotatable bonds is 10. The standard InChI is InChI=1S/C18H23N5O3S/c1-13-11-27-18(21-13)22-17(24)14-2-3-16-15(10-14)20-12-23(16)5-7-26-9-8-25-6-4-19/h2-3,10-12H,4-9,19H2,1H3,(H,21,22,24). The fraction of sp³-hybridized carbons (Fsp3) is 0.389. The number of fused-ring (bicyclic) bond motifs is 1. The van der Waals surface area contributed by atoms with Gasteiger partial charge in [0.1, 0.15) is 0 Å². The summed E-state index contributed by atoms with van der Waals surface area (Å²) in [7, 11) is 0. The zero-order valence-corrected chi connectivity index (χ0v) is 16.0. The van der Waals surface area contributed by atoms with Crippen LogP contribution in [0.3, 0.4) is 0 Å². The minimum atomic E-state index is -0.193. The summed E-state index contributed by atoms with van der Waals surface area (Å²) < 4.78 is 12.8. The van der Waals surface area contributed by atoms with Crippen molar-refractivity contribution in [1.82, 2.24) is 14.5 Å². The summed E-state index contributed by atoms with van der Waals surface area (Å²) in [5.74, 6) is -0.193. The zero-order chi connectivity index (χ0) is 19.1. The van der Waals surface area contributed by atoms with Gasteiger partial charge >= 0.3 is 0 Å². The fourth-order valence-electron chi connectivity index (χ4n) is 2.53. The second kappa shape index (κ2) is 9.56. The summed E-state index contributed by atoms with van der Waals surface area (Å²) in [6, 6.07) is 5.47. The van der Waals surface area contributed by atoms with Crippen LogP contribution in [-0.2, 0) is 16.0 Å². The van der Waals surface area contributed by atoms with Gasteiger partial charge in [0.2, 0.25) is 0 Å². The minimum Gasteiger partial charge on any atom is -0.378 e. The first-order chi connectivity index (χ1) is 13.2. The smallest absolute Gasteiger partial charge is 0.257 e. The molecule has 0 aliphatic heterocycles. The van der Waals surface area contributed by atoms with Crippen molar-refractivity contribution in [3.8, 4) is 0 Å². The van der Waals surface area contributed by atoms with Crippen molar-refractivity contribution < 1.29 is 14.3 Å². The lowest BCUT2D eigenvalue weighted by atomic mass is 10.2. The number of aryl methyl sites for hydroxylation is 1. The third-order valence-electron chi connectivity index (χ3n) is 3.83. The highest BCUT2D eigenvalue weighted by Crippen LogP contribution is 2.18. The number of anilines is 1. The van der Waals surface area contributed by atoms with E-state index in [9.17, 15) is 4.79 Å². The van der Waals surface area contributed by atoms with Gasteiger partial charge in [-0.15, -0.1) is 11.3 Å². The number of carbonyl (C=O) groups is 1. The van der Waals surface area contributed by atoms with E-state index in [-0.39, 0.29) is 5.91 Å². The maximum absolute atomic E-state index is 12.4. The van der Waals surface area contributed by atoms with E-state index >= 15 is 0 Å². The summed E-state index contributed by atoms with van der Waals surface area (Å²) in [6.07, 6.45) is 1.75. The molecule has 3 aromatic rings. The maximum atomic E-state index is 12.4. The number of hydrogen-bond donors (Lipinski definition) is 2. The van der Waals surface area contributed by atoms with Gasteiger partial charge in [0.05, 0.1) is 49.5 Å². The van der Waals surface area contributed by atoms with Crippen molar-refractivity contribution >= 4 is 33.4 Å². The van der Waals surface area contributed by atoms with E-state index in [2.05, 4.69) is 15.3 Å². The Kier molecular flexibility index (Phi) is 6.88. The van der Waals surface area contributed by atoms with Crippen molar-refractivity contribution in [3.63, 3.8) is 0 Å². The fourth-order valence-corrected chi connectivity index (χ4v) is 3.22. The molecule has 27 heavy (non-hydrogen) atoms. The molecule has 3 N–H and O–H groups in total. The van der Waals surface area contributed by atoms with Crippen LogP contribution in [0, 0.1) is 6.92 Å². The molecule has 0 fully saturated rings. The third kappa shape index (κ3) is 5.33. The summed E-state index contributed by atoms with van der Waals surface area (Å²) >= 11 is 1.41. The highest BCUT2D eigenvalue weighted by molar-refractivity contribution is 7.13. The van der Waals surface area contributed by atoms with Gasteiger partial charge in [-0.25, -0.2) is 9.97 Å². The molecule has 9 heteroatoms. The number of aromatic nitrogens is 3. The van der Waals surface area contributed by atoms with Gasteiger partial charge in [-0.1, -0.05) is 0 Å². The van der Waals surface area contributed by atoms with Crippen LogP contribution in [0.4, 0.5) is 5.13 Å². The number of nitrogens with one attached hydrogen (secondary N) is 1. The van der Waals surface area contributed by atoms with Crippen LogP contribution >= 0.6 is 11.3 Å². The molecule has 0 atom stereocenters. The highest BCUT2D eigenvalue weighted by Gasteiger charge is 2.11. The second-order valence-corrected chi connectivity index (χ2v) is 6.76. The van der Waals surface area contributed by atoms with Crippen LogP contribution < -0.4 is 11.1 Å². The molecule has 0 aliphatic rings. The maximum Gasteiger partial charge on any atom is 0.257 e. The molecule has 0 radical (unpaired) electrons. The van der Waals surface area contributed by atoms with E-state index in [1.54, 1.807) is 18.5 Å². The first-order valence-electron chi connectivity index (χ1n) is 8.71. The quantitative estimate of drug-likeness (QED) is 0.514. The van der Waals surface area contributed by atoms with E-state index in [1.807, 2.05) is 22.9 Å². The molecule has 0 spiro atoms. The van der Waals surface area contributed by atoms with Crippen molar-refractivity contribution in [3.05, 3.63) is 41.2 Å². The average Bonchev–Trinajstić information content (AvgIpc) is 3.26. The van der Waals surface area contributed by atoms with Crippen molar-refractivity contribution in [2.75, 3.05) is 38.3 Å². The Morgan fingerprint density at radius 2 is 2.07 bits per heavy atom. The van der Waals surface area contributed by atoms with Crippen LogP contribution in [0.15, 0.2) is 29.9 Å². The van der Waals surface area contributed by atoms with E-state index in [0.717, 1.165) is 16.7 Å². The van der Waals surface area contributed by atoms with Crippen LogP contribution in [-0.4, -0.2) is 53.4 Å². The number of benzene rings is 1. The predicted octanol–water partition coefficient (Wildman–Crippen LogP) is 2.05. The van der Waals surface area contributed by atoms with Crippen LogP contribution in [0.1, 0.15) is 16.1 Å². The molecular formula is C18H23N5O3S. The molecule has 0 saturated carbocycles. The summed E-state index contributed by atoms with van der Waals surface area (Å²) in [4.78, 5) is 21.0. The Hall–Kier alpha value is -2.33. The predicted molar refractivity (Wildman–Crippen MR) is 105 cm³/mol. The number of nitrogens with two attached hydrogens (primary N) is 1. The molecule has 3 rings (SSSR count). The Morgan fingerprint density at radius 3 is 2.81 bits per heavy atom. The van der Waals surface area contributed by atoms with Gasteiger partial charge in [-0.3, -0.25) is 10.1 Å². The summed E-state index contributed by atoms with van der Waals surface area (Å²) in [6.45, 7) is 5.27. The average molecular weight is 389 g/mol. The molecular weight excluding hydrogens is 366 g/mol. The van der Waals surface area contributed by atoms with Gasteiger partial charge < -0.3 is 19.8 Å². The number of ether oxygens (including phenoxy) is 2. The minimum absolute atomic E-state index is 0.193. The van der Waals surface area contributed by atoms with Crippen molar-refractivity contribution in [2.24, 2.45) is 5.73 Å². The lowest BCUT2D eigenvalue weighted by Crippen LogP contribution is -2.13. The third-order valence-corrected chi connectivity index (χ3v) is 4.71. The molecule has 0 saturated heterocycles. The molecule has 2 aromatic heterocycles. The molecule has 0 bridgehead atoms. The monoisotopic (exact) mass is 389 g/mol. The molecule has 8 nitrogen and oxygen atoms in total. The first-order valence-corrected chi connectivity index (χ1v) is 9.59. The molecule has 2 heterocycles. The molecule has 0 aliphatic carbocycles. The molecule has 1 amide bonds. The Bertz CT molecular complexity index is 892. The number of nitrogens with zero attached hydrogens (tertiary/aromatic N) is 3. The first kappa shape index (κ1) is 19.4. The number of amides is 1. The molecule has 144 valence electrons. The van der Waals surface area contributed by atoms with Gasteiger partial charge in [-0.2, -0.15) is 0 Å². The van der Waals surface area contributed by atoms with Gasteiger partial charge in [-0.05, 0) is 25.1 Å². The van der Waals surface area contributed by atoms with Gasteiger partial charge in [0.25, 0.3) is 5.91 Å².